The summed E-state index contributed by atoms with van der Waals surface area (Å²) >= 11 is 0. The molecule has 0 aliphatic heterocycles. The fraction of sp³-hybridized carbons (Fsp3) is 0.692. The monoisotopic (exact) mass is 189 g/mol. The van der Waals surface area contributed by atoms with Gasteiger partial charge in [-0.2, -0.15) is 0 Å². The molecule has 2 rings (SSSR count). The van der Waals surface area contributed by atoms with Crippen molar-refractivity contribution < 1.29 is 0 Å². The van der Waals surface area contributed by atoms with E-state index in [0.717, 1.165) is 30.7 Å². The number of allylic oxidation sites excluding steroid dienone is 2. The van der Waals surface area contributed by atoms with Crippen LogP contribution in [0.3, 0.4) is 0 Å². The zero-order valence-electron chi connectivity index (χ0n) is 8.87. The molecule has 0 heterocycles. The van der Waals surface area contributed by atoms with Crippen LogP contribution in [0.25, 0.3) is 0 Å². The third-order valence-corrected chi connectivity index (χ3v) is 3.71. The molecule has 2 aliphatic carbocycles. The van der Waals surface area contributed by atoms with Gasteiger partial charge in [0.15, 0.2) is 0 Å². The van der Waals surface area contributed by atoms with E-state index in [9.17, 15) is 0 Å². The topological polar surface area (TPSA) is 12.0 Å². The predicted molar refractivity (Wildman–Crippen MR) is 59.8 cm³/mol. The minimum atomic E-state index is 0.628. The zero-order chi connectivity index (χ0) is 9.97. The summed E-state index contributed by atoms with van der Waals surface area (Å²) in [7, 11) is 0. The van der Waals surface area contributed by atoms with Crippen molar-refractivity contribution in [1.82, 2.24) is 5.32 Å². The first-order valence-electron chi connectivity index (χ1n) is 5.66. The minimum absolute atomic E-state index is 0.628. The highest BCUT2D eigenvalue weighted by Crippen LogP contribution is 2.44. The second-order valence-corrected chi connectivity index (χ2v) is 4.64. The molecule has 4 atom stereocenters. The molecule has 1 nitrogen and oxygen atoms in total. The third kappa shape index (κ3) is 1.86. The number of hydrogen-bond acceptors (Lipinski definition) is 1. The van der Waals surface area contributed by atoms with Crippen LogP contribution >= 0.6 is 0 Å². The first-order chi connectivity index (χ1) is 6.81. The summed E-state index contributed by atoms with van der Waals surface area (Å²) in [4.78, 5) is 0. The van der Waals surface area contributed by atoms with Crippen molar-refractivity contribution >= 4 is 0 Å². The lowest BCUT2D eigenvalue weighted by Crippen LogP contribution is -2.36. The molecule has 0 aromatic rings. The molecule has 1 heteroatoms. The van der Waals surface area contributed by atoms with Gasteiger partial charge in [-0.15, -0.1) is 12.3 Å². The van der Waals surface area contributed by atoms with Gasteiger partial charge in [0.2, 0.25) is 0 Å². The fourth-order valence-electron chi connectivity index (χ4n) is 2.92. The molecule has 0 aromatic carbocycles. The Morgan fingerprint density at radius 3 is 2.93 bits per heavy atom. The van der Waals surface area contributed by atoms with Crippen LogP contribution < -0.4 is 5.32 Å². The Bertz CT molecular complexity index is 261. The average Bonchev–Trinajstić information content (AvgIpc) is 2.79. The summed E-state index contributed by atoms with van der Waals surface area (Å²) in [6.07, 6.45) is 13.7. The number of rotatable bonds is 4. The van der Waals surface area contributed by atoms with Crippen molar-refractivity contribution in [2.24, 2.45) is 17.8 Å². The zero-order valence-corrected chi connectivity index (χ0v) is 8.87. The average molecular weight is 189 g/mol. The number of fused-ring (bicyclic) bond motifs is 2. The van der Waals surface area contributed by atoms with Crippen molar-refractivity contribution in [2.75, 3.05) is 6.54 Å². The van der Waals surface area contributed by atoms with Gasteiger partial charge in [0.25, 0.3) is 0 Å². The Labute approximate surface area is 87.0 Å². The van der Waals surface area contributed by atoms with Crippen molar-refractivity contribution in [2.45, 2.75) is 32.2 Å². The number of hydrogen-bond donors (Lipinski definition) is 1. The van der Waals surface area contributed by atoms with E-state index in [1.807, 2.05) is 0 Å². The molecule has 1 saturated carbocycles. The van der Waals surface area contributed by atoms with Gasteiger partial charge in [0.1, 0.15) is 0 Å². The molecule has 1 fully saturated rings. The van der Waals surface area contributed by atoms with Gasteiger partial charge in [0, 0.05) is 19.0 Å². The maximum Gasteiger partial charge on any atom is 0.0211 e. The lowest BCUT2D eigenvalue weighted by Gasteiger charge is -2.26. The van der Waals surface area contributed by atoms with E-state index >= 15 is 0 Å². The second-order valence-electron chi connectivity index (χ2n) is 4.64. The molecule has 2 aliphatic rings. The SMILES string of the molecule is C#CCCNC(C)C1CC2C=CC1C2. The summed E-state index contributed by atoms with van der Waals surface area (Å²) in [5.41, 5.74) is 0. The Morgan fingerprint density at radius 1 is 1.50 bits per heavy atom. The van der Waals surface area contributed by atoms with Crippen LogP contribution in [0, 0.1) is 30.1 Å². The summed E-state index contributed by atoms with van der Waals surface area (Å²) in [6, 6.07) is 0.628. The first-order valence-corrected chi connectivity index (χ1v) is 5.66. The van der Waals surface area contributed by atoms with Crippen molar-refractivity contribution in [3.63, 3.8) is 0 Å². The van der Waals surface area contributed by atoms with E-state index in [2.05, 4.69) is 30.3 Å². The van der Waals surface area contributed by atoms with E-state index in [1.165, 1.54) is 12.8 Å². The van der Waals surface area contributed by atoms with Gasteiger partial charge >= 0.3 is 0 Å². The standard InChI is InChI=1S/C13H19N/c1-3-4-7-14-10(2)13-9-11-5-6-12(13)8-11/h1,5-6,10-14H,4,7-9H2,2H3. The Morgan fingerprint density at radius 2 is 2.36 bits per heavy atom. The molecule has 0 radical (unpaired) electrons. The molecule has 0 spiro atoms. The lowest BCUT2D eigenvalue weighted by molar-refractivity contribution is 0.330. The fourth-order valence-corrected chi connectivity index (χ4v) is 2.92. The van der Waals surface area contributed by atoms with Gasteiger partial charge in [-0.1, -0.05) is 12.2 Å². The van der Waals surface area contributed by atoms with Crippen LogP contribution in [0.2, 0.25) is 0 Å². The highest BCUT2D eigenvalue weighted by molar-refractivity contribution is 5.11. The van der Waals surface area contributed by atoms with Crippen LogP contribution in [0.1, 0.15) is 26.2 Å². The summed E-state index contributed by atoms with van der Waals surface area (Å²) in [5.74, 6) is 5.24. The van der Waals surface area contributed by atoms with Crippen LogP contribution in [-0.4, -0.2) is 12.6 Å². The lowest BCUT2D eigenvalue weighted by atomic mass is 9.87. The quantitative estimate of drug-likeness (QED) is 0.406. The Hall–Kier alpha value is -0.740. The maximum atomic E-state index is 5.23. The minimum Gasteiger partial charge on any atom is -0.313 e. The normalized spacial score (nSPS) is 35.9. The molecule has 0 aromatic heterocycles. The Balaban J connectivity index is 1.79. The first kappa shape index (κ1) is 9.80. The molecular weight excluding hydrogens is 170 g/mol. The molecule has 1 N–H and O–H groups in total. The van der Waals surface area contributed by atoms with Gasteiger partial charge in [-0.3, -0.25) is 0 Å². The van der Waals surface area contributed by atoms with Crippen LogP contribution in [0.5, 0.6) is 0 Å². The van der Waals surface area contributed by atoms with Gasteiger partial charge in [0.05, 0.1) is 0 Å². The van der Waals surface area contributed by atoms with Crippen molar-refractivity contribution in [1.29, 1.82) is 0 Å². The number of terminal acetylenes is 1. The maximum absolute atomic E-state index is 5.23. The molecule has 2 bridgehead atoms. The highest BCUT2D eigenvalue weighted by Gasteiger charge is 2.37. The van der Waals surface area contributed by atoms with E-state index in [1.54, 1.807) is 0 Å². The largest absolute Gasteiger partial charge is 0.313 e. The highest BCUT2D eigenvalue weighted by atomic mass is 14.9. The molecule has 14 heavy (non-hydrogen) atoms. The molecule has 76 valence electrons. The summed E-state index contributed by atoms with van der Waals surface area (Å²) in [6.45, 7) is 3.27. The van der Waals surface area contributed by atoms with Crippen molar-refractivity contribution in [3.8, 4) is 12.3 Å². The van der Waals surface area contributed by atoms with E-state index in [-0.39, 0.29) is 0 Å². The summed E-state index contributed by atoms with van der Waals surface area (Å²) in [5, 5.41) is 3.53. The van der Waals surface area contributed by atoms with Gasteiger partial charge < -0.3 is 5.32 Å². The molecule has 4 unspecified atom stereocenters. The third-order valence-electron chi connectivity index (χ3n) is 3.71. The van der Waals surface area contributed by atoms with Crippen molar-refractivity contribution in [3.05, 3.63) is 12.2 Å². The van der Waals surface area contributed by atoms with Gasteiger partial charge in [-0.25, -0.2) is 0 Å². The molecule has 0 saturated heterocycles. The molecular formula is C13H19N. The van der Waals surface area contributed by atoms with Crippen LogP contribution in [0.15, 0.2) is 12.2 Å². The van der Waals surface area contributed by atoms with E-state index in [4.69, 9.17) is 6.42 Å². The van der Waals surface area contributed by atoms with Crippen LogP contribution in [0.4, 0.5) is 0 Å². The van der Waals surface area contributed by atoms with E-state index < -0.39 is 0 Å². The van der Waals surface area contributed by atoms with E-state index in [0.29, 0.717) is 6.04 Å². The van der Waals surface area contributed by atoms with Gasteiger partial charge in [-0.05, 0) is 37.5 Å². The molecule has 0 amide bonds. The number of nitrogens with one attached hydrogen (secondary N) is 1. The smallest absolute Gasteiger partial charge is 0.0211 e. The Kier molecular flexibility index (Phi) is 2.93. The summed E-state index contributed by atoms with van der Waals surface area (Å²) < 4.78 is 0. The second kappa shape index (κ2) is 4.19. The predicted octanol–water partition coefficient (Wildman–Crippen LogP) is 2.20. The van der Waals surface area contributed by atoms with Crippen LogP contribution in [-0.2, 0) is 0 Å².